The van der Waals surface area contributed by atoms with E-state index in [4.69, 9.17) is 0 Å². The molecule has 0 radical (unpaired) electrons. The molecule has 0 spiro atoms. The van der Waals surface area contributed by atoms with Crippen molar-refractivity contribution in [2.24, 2.45) is 0 Å². The van der Waals surface area contributed by atoms with E-state index in [1.54, 1.807) is 17.0 Å². The molecule has 1 N–H and O–H groups in total. The van der Waals surface area contributed by atoms with Crippen molar-refractivity contribution in [3.05, 3.63) is 47.3 Å². The second-order valence-electron chi connectivity index (χ2n) is 5.42. The van der Waals surface area contributed by atoms with E-state index in [0.717, 1.165) is 17.0 Å². The second kappa shape index (κ2) is 5.26. The Morgan fingerprint density at radius 2 is 1.86 bits per heavy atom. The van der Waals surface area contributed by atoms with Crippen LogP contribution in [0.5, 0.6) is 0 Å². The van der Waals surface area contributed by atoms with Gasteiger partial charge in [0.1, 0.15) is 0 Å². The first-order valence-corrected chi connectivity index (χ1v) is 6.93. The number of likely N-dealkylation sites (tertiary alicyclic amines) is 1. The summed E-state index contributed by atoms with van der Waals surface area (Å²) in [5.41, 5.74) is 3.23. The van der Waals surface area contributed by atoms with E-state index in [0.29, 0.717) is 24.5 Å². The summed E-state index contributed by atoms with van der Waals surface area (Å²) in [7, 11) is 0. The van der Waals surface area contributed by atoms with Gasteiger partial charge in [0, 0.05) is 35.6 Å². The van der Waals surface area contributed by atoms with Crippen LogP contribution >= 0.6 is 0 Å². The zero-order valence-corrected chi connectivity index (χ0v) is 12.1. The molecular formula is C16H17N3O2. The molecule has 3 rings (SSSR count). The molecule has 1 amide bonds. The van der Waals surface area contributed by atoms with Crippen molar-refractivity contribution in [2.45, 2.75) is 20.0 Å². The smallest absolute Gasteiger partial charge is 0.254 e. The molecule has 1 aromatic carbocycles. The summed E-state index contributed by atoms with van der Waals surface area (Å²) < 4.78 is 0. The predicted molar refractivity (Wildman–Crippen MR) is 78.9 cm³/mol. The average Bonchev–Trinajstić information content (AvgIpc) is 2.42. The quantitative estimate of drug-likeness (QED) is 0.908. The van der Waals surface area contributed by atoms with Crippen LogP contribution in [0.15, 0.2) is 30.3 Å². The minimum absolute atomic E-state index is 0.0634. The van der Waals surface area contributed by atoms with Crippen molar-refractivity contribution >= 4 is 5.91 Å². The van der Waals surface area contributed by atoms with Crippen LogP contribution < -0.4 is 0 Å². The van der Waals surface area contributed by atoms with Crippen LogP contribution in [0.25, 0.3) is 11.4 Å². The lowest BCUT2D eigenvalue weighted by Crippen LogP contribution is -2.53. The molecule has 5 heteroatoms. The van der Waals surface area contributed by atoms with Gasteiger partial charge in [0.15, 0.2) is 5.82 Å². The Balaban J connectivity index is 1.91. The number of aliphatic hydroxyl groups excluding tert-OH is 1. The number of rotatable bonds is 2. The number of aryl methyl sites for hydroxylation is 2. The molecule has 0 bridgehead atoms. The molecule has 2 heterocycles. The maximum Gasteiger partial charge on any atom is 0.254 e. The third-order valence-electron chi connectivity index (χ3n) is 3.50. The highest BCUT2D eigenvalue weighted by Gasteiger charge is 2.29. The number of hydrogen-bond donors (Lipinski definition) is 1. The van der Waals surface area contributed by atoms with Gasteiger partial charge < -0.3 is 10.0 Å². The van der Waals surface area contributed by atoms with E-state index in [2.05, 4.69) is 9.97 Å². The van der Waals surface area contributed by atoms with Gasteiger partial charge in [-0.15, -0.1) is 0 Å². The van der Waals surface area contributed by atoms with Gasteiger partial charge in [-0.3, -0.25) is 4.79 Å². The number of aromatic nitrogens is 2. The van der Waals surface area contributed by atoms with Gasteiger partial charge in [0.05, 0.1) is 6.10 Å². The first kappa shape index (κ1) is 13.7. The lowest BCUT2D eigenvalue weighted by molar-refractivity contribution is 0.00590. The van der Waals surface area contributed by atoms with Crippen LogP contribution in [0.4, 0.5) is 0 Å². The molecule has 0 atom stereocenters. The number of β-amino-alcohol motifs (C(OH)–C–C–N with tert-alkyl or cyclic N) is 1. The fraction of sp³-hybridized carbons (Fsp3) is 0.312. The fourth-order valence-corrected chi connectivity index (χ4v) is 2.45. The highest BCUT2D eigenvalue weighted by Crippen LogP contribution is 2.20. The fourth-order valence-electron chi connectivity index (χ4n) is 2.45. The molecule has 0 unspecified atom stereocenters. The Bertz CT molecular complexity index is 673. The van der Waals surface area contributed by atoms with Crippen LogP contribution in [-0.4, -0.2) is 45.1 Å². The number of nitrogens with zero attached hydrogens (tertiary/aromatic N) is 3. The molecule has 0 aliphatic carbocycles. The van der Waals surface area contributed by atoms with E-state index in [-0.39, 0.29) is 12.0 Å². The minimum Gasteiger partial charge on any atom is -0.389 e. The standard InChI is InChI=1S/C16H17N3O2/c1-10-6-11(2)18-15(17-10)12-4-3-5-13(7-12)16(21)19-8-14(20)9-19/h3-7,14,20H,8-9H2,1-2H3. The van der Waals surface area contributed by atoms with Crippen molar-refractivity contribution in [1.29, 1.82) is 0 Å². The van der Waals surface area contributed by atoms with Crippen LogP contribution in [0, 0.1) is 13.8 Å². The van der Waals surface area contributed by atoms with E-state index in [1.807, 2.05) is 32.0 Å². The van der Waals surface area contributed by atoms with Crippen LogP contribution in [0.2, 0.25) is 0 Å². The van der Waals surface area contributed by atoms with Gasteiger partial charge in [0.25, 0.3) is 5.91 Å². The van der Waals surface area contributed by atoms with E-state index in [1.165, 1.54) is 0 Å². The minimum atomic E-state index is -0.389. The Morgan fingerprint density at radius 1 is 1.19 bits per heavy atom. The maximum atomic E-state index is 12.3. The molecule has 1 aliphatic rings. The monoisotopic (exact) mass is 283 g/mol. The number of carbonyl (C=O) groups is 1. The Labute approximate surface area is 123 Å². The van der Waals surface area contributed by atoms with Gasteiger partial charge >= 0.3 is 0 Å². The Kier molecular flexibility index (Phi) is 3.43. The number of carbonyl (C=O) groups excluding carboxylic acids is 1. The average molecular weight is 283 g/mol. The Hall–Kier alpha value is -2.27. The van der Waals surface area contributed by atoms with Gasteiger partial charge in [-0.05, 0) is 32.0 Å². The summed E-state index contributed by atoms with van der Waals surface area (Å²) >= 11 is 0. The number of aliphatic hydroxyl groups is 1. The molecule has 1 saturated heterocycles. The molecule has 2 aromatic rings. The van der Waals surface area contributed by atoms with Gasteiger partial charge in [-0.25, -0.2) is 9.97 Å². The zero-order chi connectivity index (χ0) is 15.0. The molecular weight excluding hydrogens is 266 g/mol. The number of benzene rings is 1. The van der Waals surface area contributed by atoms with Gasteiger partial charge in [0.2, 0.25) is 0 Å². The molecule has 0 saturated carbocycles. The van der Waals surface area contributed by atoms with Crippen LogP contribution in [0.3, 0.4) is 0 Å². The van der Waals surface area contributed by atoms with Crippen molar-refractivity contribution in [2.75, 3.05) is 13.1 Å². The van der Waals surface area contributed by atoms with Crippen LogP contribution in [-0.2, 0) is 0 Å². The summed E-state index contributed by atoms with van der Waals surface area (Å²) in [6.07, 6.45) is -0.389. The van der Waals surface area contributed by atoms with E-state index < -0.39 is 0 Å². The van der Waals surface area contributed by atoms with Crippen molar-refractivity contribution in [3.8, 4) is 11.4 Å². The van der Waals surface area contributed by atoms with E-state index in [9.17, 15) is 9.90 Å². The summed E-state index contributed by atoms with van der Waals surface area (Å²) in [4.78, 5) is 22.7. The van der Waals surface area contributed by atoms with Crippen molar-refractivity contribution < 1.29 is 9.90 Å². The third-order valence-corrected chi connectivity index (χ3v) is 3.50. The highest BCUT2D eigenvalue weighted by molar-refractivity contribution is 5.95. The summed E-state index contributed by atoms with van der Waals surface area (Å²) in [6.45, 7) is 4.66. The zero-order valence-electron chi connectivity index (χ0n) is 12.1. The first-order valence-electron chi connectivity index (χ1n) is 6.93. The predicted octanol–water partition coefficient (Wildman–Crippen LogP) is 1.58. The summed E-state index contributed by atoms with van der Waals surface area (Å²) in [5.74, 6) is 0.567. The third kappa shape index (κ3) is 2.78. The molecule has 21 heavy (non-hydrogen) atoms. The lowest BCUT2D eigenvalue weighted by Gasteiger charge is -2.35. The molecule has 5 nitrogen and oxygen atoms in total. The highest BCUT2D eigenvalue weighted by atomic mass is 16.3. The van der Waals surface area contributed by atoms with E-state index >= 15 is 0 Å². The lowest BCUT2D eigenvalue weighted by atomic mass is 10.1. The first-order chi connectivity index (χ1) is 10.0. The summed E-state index contributed by atoms with van der Waals surface area (Å²) in [5, 5.41) is 9.29. The Morgan fingerprint density at radius 3 is 2.48 bits per heavy atom. The molecule has 1 fully saturated rings. The normalized spacial score (nSPS) is 14.9. The molecule has 1 aliphatic heterocycles. The van der Waals surface area contributed by atoms with Crippen molar-refractivity contribution in [3.63, 3.8) is 0 Å². The number of hydrogen-bond acceptors (Lipinski definition) is 4. The molecule has 1 aromatic heterocycles. The maximum absolute atomic E-state index is 12.3. The SMILES string of the molecule is Cc1cc(C)nc(-c2cccc(C(=O)N3CC(O)C3)c2)n1. The van der Waals surface area contributed by atoms with Crippen LogP contribution in [0.1, 0.15) is 21.7 Å². The summed E-state index contributed by atoms with van der Waals surface area (Å²) in [6, 6.07) is 9.23. The van der Waals surface area contributed by atoms with Gasteiger partial charge in [-0.2, -0.15) is 0 Å². The topological polar surface area (TPSA) is 66.3 Å². The largest absolute Gasteiger partial charge is 0.389 e. The number of amides is 1. The second-order valence-corrected chi connectivity index (χ2v) is 5.42. The van der Waals surface area contributed by atoms with Gasteiger partial charge in [-0.1, -0.05) is 12.1 Å². The van der Waals surface area contributed by atoms with Crippen molar-refractivity contribution in [1.82, 2.24) is 14.9 Å². The molecule has 108 valence electrons.